The average Bonchev–Trinajstić information content (AvgIpc) is 2.32. The molecule has 1 radical (unpaired) electrons. The van der Waals surface area contributed by atoms with Crippen LogP contribution in [-0.2, 0) is 0 Å². The molecule has 1 aromatic carbocycles. The molecule has 0 spiro atoms. The molecule has 1 atom stereocenters. The van der Waals surface area contributed by atoms with Crippen molar-refractivity contribution >= 4 is 12.7 Å². The number of alkyl halides is 1. The smallest absolute Gasteiger partial charge is 0.215 e. The van der Waals surface area contributed by atoms with E-state index in [0.717, 1.165) is 25.2 Å². The van der Waals surface area contributed by atoms with Crippen molar-refractivity contribution in [2.24, 2.45) is 0 Å². The molecule has 0 fully saturated rings. The van der Waals surface area contributed by atoms with Crippen LogP contribution in [0.25, 0.3) is 0 Å². The molecule has 0 N–H and O–H groups in total. The number of hydrogen-bond donors (Lipinski definition) is 0. The molecule has 0 aliphatic heterocycles. The van der Waals surface area contributed by atoms with Crippen LogP contribution >= 0.6 is 0 Å². The summed E-state index contributed by atoms with van der Waals surface area (Å²) in [5.74, 6) is -4.19. The number of rotatable bonds is 2. The third-order valence-electron chi connectivity index (χ3n) is 2.91. The zero-order chi connectivity index (χ0) is 14.2. The van der Waals surface area contributed by atoms with Crippen molar-refractivity contribution in [2.75, 3.05) is 0 Å². The Morgan fingerprint density at radius 3 is 2.47 bits per heavy atom. The summed E-state index contributed by atoms with van der Waals surface area (Å²) < 4.78 is 67.6. The van der Waals surface area contributed by atoms with E-state index in [1.165, 1.54) is 0 Å². The number of benzene rings is 1. The molecule has 19 heavy (non-hydrogen) atoms. The molecule has 0 nitrogen and oxygen atoms in total. The van der Waals surface area contributed by atoms with Crippen LogP contribution in [0.15, 0.2) is 30.1 Å². The third kappa shape index (κ3) is 2.72. The lowest BCUT2D eigenvalue weighted by Gasteiger charge is -2.23. The van der Waals surface area contributed by atoms with E-state index in [-0.39, 0.29) is 0 Å². The van der Waals surface area contributed by atoms with Crippen molar-refractivity contribution < 1.29 is 22.0 Å². The van der Waals surface area contributed by atoms with Gasteiger partial charge in [-0.3, -0.25) is 0 Å². The molecule has 99 valence electrons. The summed E-state index contributed by atoms with van der Waals surface area (Å²) in [6.45, 7) is 1.11. The van der Waals surface area contributed by atoms with Crippen molar-refractivity contribution in [3.05, 3.63) is 53.1 Å². The summed E-state index contributed by atoms with van der Waals surface area (Å²) in [6, 6.07) is 0.479. The molecular formula is C13H9BF5. The van der Waals surface area contributed by atoms with E-state index in [4.69, 9.17) is 0 Å². The lowest BCUT2D eigenvalue weighted by Crippen LogP contribution is -2.41. The monoisotopic (exact) mass is 271 g/mol. The summed E-state index contributed by atoms with van der Waals surface area (Å²) in [6.07, 6.45) is 2.54. The lowest BCUT2D eigenvalue weighted by molar-refractivity contribution is 0.316. The molecule has 1 aromatic rings. The van der Waals surface area contributed by atoms with Gasteiger partial charge < -0.3 is 0 Å². The first-order valence-electron chi connectivity index (χ1n) is 5.55. The first kappa shape index (κ1) is 13.8. The SMILES string of the molecule is Cc1c(F)cc(F)c([B]C2(F)C=CC=C(F)C2)c1F. The molecule has 6 heteroatoms. The van der Waals surface area contributed by atoms with Crippen LogP contribution < -0.4 is 5.46 Å². The van der Waals surface area contributed by atoms with Crippen LogP contribution in [0.5, 0.6) is 0 Å². The van der Waals surface area contributed by atoms with Crippen LogP contribution in [0.4, 0.5) is 22.0 Å². The maximum atomic E-state index is 14.3. The topological polar surface area (TPSA) is 0 Å². The second kappa shape index (κ2) is 4.83. The van der Waals surface area contributed by atoms with E-state index < -0.39 is 46.3 Å². The van der Waals surface area contributed by atoms with Gasteiger partial charge in [-0.1, -0.05) is 12.2 Å². The van der Waals surface area contributed by atoms with Crippen LogP contribution in [0.3, 0.4) is 0 Å². The fraction of sp³-hybridized carbons (Fsp3) is 0.231. The molecule has 0 heterocycles. The molecule has 1 aliphatic rings. The molecule has 1 unspecified atom stereocenters. The predicted molar refractivity (Wildman–Crippen MR) is 63.2 cm³/mol. The Morgan fingerprint density at radius 1 is 1.16 bits per heavy atom. The van der Waals surface area contributed by atoms with Crippen molar-refractivity contribution in [1.82, 2.24) is 0 Å². The van der Waals surface area contributed by atoms with Crippen molar-refractivity contribution in [2.45, 2.75) is 18.9 Å². The highest BCUT2D eigenvalue weighted by atomic mass is 19.2. The van der Waals surface area contributed by atoms with E-state index >= 15 is 0 Å². The van der Waals surface area contributed by atoms with Crippen LogP contribution in [-0.4, -0.2) is 12.8 Å². The Balaban J connectivity index is 2.37. The first-order chi connectivity index (χ1) is 8.82. The molecule has 0 amide bonds. The average molecular weight is 271 g/mol. The van der Waals surface area contributed by atoms with E-state index in [1.807, 2.05) is 0 Å². The molecule has 2 rings (SSSR count). The van der Waals surface area contributed by atoms with Gasteiger partial charge in [-0.05, 0) is 18.5 Å². The second-order valence-electron chi connectivity index (χ2n) is 4.41. The van der Waals surface area contributed by atoms with Crippen LogP contribution in [0.1, 0.15) is 12.0 Å². The highest BCUT2D eigenvalue weighted by Crippen LogP contribution is 2.27. The van der Waals surface area contributed by atoms with Crippen molar-refractivity contribution in [1.29, 1.82) is 0 Å². The summed E-state index contributed by atoms with van der Waals surface area (Å²) in [5, 5.41) is 0. The predicted octanol–water partition coefficient (Wildman–Crippen LogP) is 3.22. The van der Waals surface area contributed by atoms with Crippen LogP contribution in [0, 0.1) is 24.4 Å². The summed E-state index contributed by atoms with van der Waals surface area (Å²) >= 11 is 0. The zero-order valence-corrected chi connectivity index (χ0v) is 9.98. The Bertz CT molecular complexity index is 579. The van der Waals surface area contributed by atoms with Crippen LogP contribution in [0.2, 0.25) is 0 Å². The standard InChI is InChI=1S/C13H9BF5/c1-7-9(16)5-10(17)11(12(7)18)14-13(19)4-2-3-8(15)6-13/h2-5H,6H2,1H3. The van der Waals surface area contributed by atoms with E-state index in [1.54, 1.807) is 0 Å². The van der Waals surface area contributed by atoms with Crippen molar-refractivity contribution in [3.63, 3.8) is 0 Å². The largest absolute Gasteiger partial charge is 0.249 e. The van der Waals surface area contributed by atoms with Gasteiger partial charge in [0.2, 0.25) is 7.28 Å². The minimum Gasteiger partial charge on any atom is -0.249 e. The molecule has 0 aromatic heterocycles. The number of halogens is 5. The second-order valence-corrected chi connectivity index (χ2v) is 4.41. The van der Waals surface area contributed by atoms with Gasteiger partial charge in [0.05, 0.1) is 0 Å². The molecule has 0 bridgehead atoms. The minimum absolute atomic E-state index is 0.410. The zero-order valence-electron chi connectivity index (χ0n) is 9.98. The lowest BCUT2D eigenvalue weighted by atomic mass is 9.54. The summed E-state index contributed by atoms with van der Waals surface area (Å²) in [7, 11) is 0.632. The summed E-state index contributed by atoms with van der Waals surface area (Å²) in [5.41, 5.74) is -3.43. The number of hydrogen-bond acceptors (Lipinski definition) is 0. The van der Waals surface area contributed by atoms with Gasteiger partial charge in [0.25, 0.3) is 0 Å². The fourth-order valence-corrected chi connectivity index (χ4v) is 1.87. The Morgan fingerprint density at radius 2 is 1.84 bits per heavy atom. The molecule has 0 saturated carbocycles. The van der Waals surface area contributed by atoms with E-state index in [2.05, 4.69) is 0 Å². The van der Waals surface area contributed by atoms with Gasteiger partial charge in [-0.25, -0.2) is 22.0 Å². The van der Waals surface area contributed by atoms with E-state index in [9.17, 15) is 22.0 Å². The quantitative estimate of drug-likeness (QED) is 0.572. The Kier molecular flexibility index (Phi) is 3.52. The maximum absolute atomic E-state index is 14.3. The molecular weight excluding hydrogens is 262 g/mol. The van der Waals surface area contributed by atoms with E-state index in [0.29, 0.717) is 13.3 Å². The number of allylic oxidation sites excluding steroid dienone is 4. The molecule has 0 saturated heterocycles. The first-order valence-corrected chi connectivity index (χ1v) is 5.55. The summed E-state index contributed by atoms with van der Waals surface area (Å²) in [4.78, 5) is 0. The van der Waals surface area contributed by atoms with Gasteiger partial charge in [0.15, 0.2) is 0 Å². The van der Waals surface area contributed by atoms with Gasteiger partial charge >= 0.3 is 0 Å². The van der Waals surface area contributed by atoms with Crippen molar-refractivity contribution in [3.8, 4) is 0 Å². The Labute approximate surface area is 107 Å². The Hall–Kier alpha value is -1.59. The normalized spacial score (nSPS) is 22.3. The highest BCUT2D eigenvalue weighted by molar-refractivity contribution is 6.57. The highest BCUT2D eigenvalue weighted by Gasteiger charge is 2.34. The maximum Gasteiger partial charge on any atom is 0.215 e. The van der Waals surface area contributed by atoms with Gasteiger partial charge in [-0.15, -0.1) is 0 Å². The molecule has 1 aliphatic carbocycles. The van der Waals surface area contributed by atoms with Gasteiger partial charge in [0, 0.05) is 18.1 Å². The van der Waals surface area contributed by atoms with Gasteiger partial charge in [-0.2, -0.15) is 0 Å². The van der Waals surface area contributed by atoms with Gasteiger partial charge in [0.1, 0.15) is 28.8 Å². The fourth-order valence-electron chi connectivity index (χ4n) is 1.87. The minimum atomic E-state index is -2.33. The third-order valence-corrected chi connectivity index (χ3v) is 2.91.